The first-order valence-corrected chi connectivity index (χ1v) is 11.5. The summed E-state index contributed by atoms with van der Waals surface area (Å²) >= 11 is 1.21. The van der Waals surface area contributed by atoms with Crippen LogP contribution < -0.4 is 4.74 Å². The van der Waals surface area contributed by atoms with Gasteiger partial charge in [-0.1, -0.05) is 42.5 Å². The van der Waals surface area contributed by atoms with E-state index in [-0.39, 0.29) is 22.5 Å². The van der Waals surface area contributed by atoms with Crippen molar-refractivity contribution in [3.05, 3.63) is 101 Å². The summed E-state index contributed by atoms with van der Waals surface area (Å²) in [5, 5.41) is 8.72. The van der Waals surface area contributed by atoms with Gasteiger partial charge in [0.1, 0.15) is 5.75 Å². The number of carbonyl (C=O) groups is 1. The topological polar surface area (TPSA) is 46.5 Å². The average molecular weight is 526 g/mol. The number of carboxylic acids is 1. The van der Waals surface area contributed by atoms with Crippen LogP contribution in [0.3, 0.4) is 0 Å². The van der Waals surface area contributed by atoms with E-state index >= 15 is 0 Å². The predicted octanol–water partition coefficient (Wildman–Crippen LogP) is 7.72. The van der Waals surface area contributed by atoms with Crippen molar-refractivity contribution >= 4 is 23.3 Å². The third-order valence-electron chi connectivity index (χ3n) is 5.08. The second-order valence-electron chi connectivity index (χ2n) is 7.63. The number of benzene rings is 3. The number of aliphatic carboxylic acids is 1. The van der Waals surface area contributed by atoms with Gasteiger partial charge >= 0.3 is 18.3 Å². The van der Waals surface area contributed by atoms with Gasteiger partial charge in [0.05, 0.1) is 11.1 Å². The Balaban J connectivity index is 2.01. The molecule has 10 heteroatoms. The number of alkyl halides is 6. The normalized spacial score (nSPS) is 11.8. The maximum Gasteiger partial charge on any atom is 0.417 e. The Morgan fingerprint density at radius 2 is 1.42 bits per heavy atom. The fourth-order valence-corrected chi connectivity index (χ4v) is 4.41. The van der Waals surface area contributed by atoms with Crippen LogP contribution in [0, 0.1) is 6.92 Å². The molecule has 0 aliphatic rings. The monoisotopic (exact) mass is 526 g/mol. The first-order chi connectivity index (χ1) is 16.9. The third-order valence-corrected chi connectivity index (χ3v) is 6.18. The number of rotatable bonds is 8. The van der Waals surface area contributed by atoms with Gasteiger partial charge in [0.2, 0.25) is 0 Å². The minimum atomic E-state index is -4.77. The summed E-state index contributed by atoms with van der Waals surface area (Å²) < 4.78 is 87.6. The molecule has 0 aromatic heterocycles. The minimum Gasteiger partial charge on any atom is -0.482 e. The summed E-state index contributed by atoms with van der Waals surface area (Å²) in [6.45, 7) is 1.22. The summed E-state index contributed by atoms with van der Waals surface area (Å²) in [6, 6.07) is 13.9. The Morgan fingerprint density at radius 3 is 1.89 bits per heavy atom. The van der Waals surface area contributed by atoms with E-state index in [0.29, 0.717) is 16.2 Å². The number of hydrogen-bond acceptors (Lipinski definition) is 3. The fraction of sp³-hybridized carbons (Fsp3) is 0.192. The zero-order valence-electron chi connectivity index (χ0n) is 18.8. The summed E-state index contributed by atoms with van der Waals surface area (Å²) in [5.74, 6) is -0.736. The third kappa shape index (κ3) is 6.84. The number of halogens is 6. The number of aryl methyl sites for hydroxylation is 1. The summed E-state index contributed by atoms with van der Waals surface area (Å²) in [6.07, 6.45) is -8.18. The Morgan fingerprint density at radius 1 is 0.889 bits per heavy atom. The Hall–Kier alpha value is -3.40. The number of hydrogen-bond donors (Lipinski definition) is 1. The van der Waals surface area contributed by atoms with Gasteiger partial charge in [-0.3, -0.25) is 0 Å². The molecule has 0 aliphatic carbocycles. The molecule has 190 valence electrons. The maximum absolute atomic E-state index is 13.7. The fourth-order valence-electron chi connectivity index (χ4n) is 3.53. The zero-order valence-corrected chi connectivity index (χ0v) is 19.6. The van der Waals surface area contributed by atoms with Crippen molar-refractivity contribution in [2.24, 2.45) is 0 Å². The average Bonchev–Trinajstić information content (AvgIpc) is 2.80. The summed E-state index contributed by atoms with van der Waals surface area (Å²) in [7, 11) is 0. The van der Waals surface area contributed by atoms with Crippen molar-refractivity contribution in [3.63, 3.8) is 0 Å². The van der Waals surface area contributed by atoms with E-state index in [2.05, 4.69) is 0 Å². The highest BCUT2D eigenvalue weighted by Crippen LogP contribution is 2.41. The lowest BCUT2D eigenvalue weighted by atomic mass is 9.90. The molecule has 0 aliphatic heterocycles. The van der Waals surface area contributed by atoms with E-state index in [1.165, 1.54) is 42.1 Å². The van der Waals surface area contributed by atoms with Gasteiger partial charge < -0.3 is 9.84 Å². The van der Waals surface area contributed by atoms with Crippen LogP contribution in [0.15, 0.2) is 77.7 Å². The van der Waals surface area contributed by atoms with Crippen LogP contribution in [-0.2, 0) is 17.1 Å². The zero-order chi connectivity index (χ0) is 26.5. The summed E-state index contributed by atoms with van der Waals surface area (Å²) in [5.41, 5.74) is -2.23. The van der Waals surface area contributed by atoms with Crippen molar-refractivity contribution in [2.45, 2.75) is 24.2 Å². The molecular weight excluding hydrogens is 506 g/mol. The first kappa shape index (κ1) is 27.2. The highest BCUT2D eigenvalue weighted by molar-refractivity contribution is 7.99. The Labute approximate surface area is 207 Å². The van der Waals surface area contributed by atoms with Crippen LogP contribution in [0.5, 0.6) is 5.75 Å². The predicted molar refractivity (Wildman–Crippen MR) is 125 cm³/mol. The van der Waals surface area contributed by atoms with Crippen LogP contribution in [-0.4, -0.2) is 23.4 Å². The molecule has 3 aromatic rings. The molecule has 3 rings (SSSR count). The molecule has 36 heavy (non-hydrogen) atoms. The van der Waals surface area contributed by atoms with Gasteiger partial charge in [0, 0.05) is 10.6 Å². The Kier molecular flexibility index (Phi) is 8.39. The molecule has 3 aromatic carbocycles. The van der Waals surface area contributed by atoms with Crippen LogP contribution >= 0.6 is 11.8 Å². The van der Waals surface area contributed by atoms with Crippen molar-refractivity contribution in [1.82, 2.24) is 0 Å². The van der Waals surface area contributed by atoms with E-state index < -0.39 is 36.1 Å². The standard InChI is InChI=1S/C26H20F6O3S/c1-16-14-17(35-15-24(33)34)10-11-23(16)36-13-12-18(19-6-2-4-8-21(19)25(27,28)29)20-7-3-5-9-22(20)26(30,31)32/h2-12,14H,13,15H2,1H3,(H,33,34). The van der Waals surface area contributed by atoms with Gasteiger partial charge in [-0.25, -0.2) is 4.79 Å². The van der Waals surface area contributed by atoms with Crippen molar-refractivity contribution in [1.29, 1.82) is 0 Å². The molecule has 0 atom stereocenters. The van der Waals surface area contributed by atoms with E-state index in [1.54, 1.807) is 25.1 Å². The van der Waals surface area contributed by atoms with Crippen molar-refractivity contribution < 1.29 is 41.0 Å². The van der Waals surface area contributed by atoms with Gasteiger partial charge in [-0.05, 0) is 59.5 Å². The van der Waals surface area contributed by atoms with E-state index in [9.17, 15) is 31.1 Å². The SMILES string of the molecule is Cc1cc(OCC(=O)O)ccc1SCC=C(c1ccccc1C(F)(F)F)c1ccccc1C(F)(F)F. The number of thioether (sulfide) groups is 1. The molecule has 0 bridgehead atoms. The van der Waals surface area contributed by atoms with E-state index in [1.807, 2.05) is 0 Å². The Bertz CT molecular complexity index is 1210. The minimum absolute atomic E-state index is 0.0733. The highest BCUT2D eigenvalue weighted by atomic mass is 32.2. The molecule has 0 heterocycles. The molecule has 0 unspecified atom stereocenters. The van der Waals surface area contributed by atoms with E-state index in [0.717, 1.165) is 24.3 Å². The van der Waals surface area contributed by atoms with Gasteiger partial charge in [-0.2, -0.15) is 26.3 Å². The molecule has 0 spiro atoms. The van der Waals surface area contributed by atoms with Crippen molar-refractivity contribution in [3.8, 4) is 5.75 Å². The van der Waals surface area contributed by atoms with Gasteiger partial charge in [0.15, 0.2) is 6.61 Å². The maximum atomic E-state index is 13.7. The smallest absolute Gasteiger partial charge is 0.417 e. The lowest BCUT2D eigenvalue weighted by Crippen LogP contribution is -2.12. The second kappa shape index (κ2) is 11.1. The molecule has 3 nitrogen and oxygen atoms in total. The number of ether oxygens (including phenoxy) is 1. The van der Waals surface area contributed by atoms with Crippen LogP contribution in [0.1, 0.15) is 27.8 Å². The lowest BCUT2D eigenvalue weighted by Gasteiger charge is -2.19. The van der Waals surface area contributed by atoms with Gasteiger partial charge in [0.25, 0.3) is 0 Å². The number of carboxylic acid groups (broad SMARTS) is 1. The van der Waals surface area contributed by atoms with Gasteiger partial charge in [-0.15, -0.1) is 11.8 Å². The van der Waals surface area contributed by atoms with E-state index in [4.69, 9.17) is 9.84 Å². The van der Waals surface area contributed by atoms with Crippen molar-refractivity contribution in [2.75, 3.05) is 12.4 Å². The molecule has 0 radical (unpaired) electrons. The summed E-state index contributed by atoms with van der Waals surface area (Å²) in [4.78, 5) is 11.4. The molecular formula is C26H20F6O3S. The molecule has 0 saturated carbocycles. The second-order valence-corrected chi connectivity index (χ2v) is 8.69. The van der Waals surface area contributed by atoms with Crippen LogP contribution in [0.25, 0.3) is 5.57 Å². The van der Waals surface area contributed by atoms with Crippen LogP contribution in [0.2, 0.25) is 0 Å². The molecule has 0 saturated heterocycles. The molecule has 0 fully saturated rings. The quantitative estimate of drug-likeness (QED) is 0.241. The molecule has 1 N–H and O–H groups in total. The van der Waals surface area contributed by atoms with Crippen LogP contribution in [0.4, 0.5) is 26.3 Å². The first-order valence-electron chi connectivity index (χ1n) is 10.5. The molecule has 0 amide bonds. The lowest BCUT2D eigenvalue weighted by molar-refractivity contribution is -0.139. The largest absolute Gasteiger partial charge is 0.482 e. The highest BCUT2D eigenvalue weighted by Gasteiger charge is 2.37.